The van der Waals surface area contributed by atoms with Crippen molar-refractivity contribution in [1.29, 1.82) is 0 Å². The second-order valence-electron chi connectivity index (χ2n) is 5.22. The Kier molecular flexibility index (Phi) is 7.64. The van der Waals surface area contributed by atoms with Gasteiger partial charge in [-0.2, -0.15) is 0 Å². The van der Waals surface area contributed by atoms with E-state index < -0.39 is 0 Å². The maximum atomic E-state index is 12.4. The van der Waals surface area contributed by atoms with Crippen molar-refractivity contribution in [3.05, 3.63) is 21.9 Å². The van der Waals surface area contributed by atoms with Crippen LogP contribution in [0.5, 0.6) is 0 Å². The summed E-state index contributed by atoms with van der Waals surface area (Å²) < 4.78 is 0. The van der Waals surface area contributed by atoms with Crippen LogP contribution in [0.2, 0.25) is 0 Å². The lowest BCUT2D eigenvalue weighted by Crippen LogP contribution is -2.44. The number of hydrogen-bond donors (Lipinski definition) is 1. The van der Waals surface area contributed by atoms with E-state index in [0.717, 1.165) is 0 Å². The summed E-state index contributed by atoms with van der Waals surface area (Å²) >= 11 is 1.75. The summed E-state index contributed by atoms with van der Waals surface area (Å²) in [6.45, 7) is 10.7. The van der Waals surface area contributed by atoms with E-state index >= 15 is 0 Å². The smallest absolute Gasteiger partial charge is 0.227 e. The van der Waals surface area contributed by atoms with Gasteiger partial charge < -0.3 is 10.6 Å². The van der Waals surface area contributed by atoms with Crippen LogP contribution in [0.25, 0.3) is 0 Å². The Morgan fingerprint density at radius 3 is 2.26 bits per heavy atom. The molecule has 0 radical (unpaired) electrons. The third-order valence-corrected chi connectivity index (χ3v) is 4.19. The van der Waals surface area contributed by atoms with Crippen molar-refractivity contribution in [2.24, 2.45) is 11.7 Å². The largest absolute Gasteiger partial charge is 0.335 e. The molecule has 0 aliphatic rings. The standard InChI is InChI=1S/C14H24N2OS.ClH/c1-9(2)16(14(17)11(4)12(5)15)8-13-7-6-10(3)18-13;/h6-7,9,11-12H,8,15H2,1-5H3;1H. The molecule has 1 aromatic heterocycles. The fraction of sp³-hybridized carbons (Fsp3) is 0.643. The number of rotatable bonds is 5. The van der Waals surface area contributed by atoms with Crippen LogP contribution in [-0.4, -0.2) is 22.9 Å². The minimum Gasteiger partial charge on any atom is -0.335 e. The lowest BCUT2D eigenvalue weighted by molar-refractivity contribution is -0.137. The number of carbonyl (C=O) groups is 1. The quantitative estimate of drug-likeness (QED) is 0.908. The zero-order valence-electron chi connectivity index (χ0n) is 12.3. The van der Waals surface area contributed by atoms with Crippen molar-refractivity contribution in [2.75, 3.05) is 0 Å². The van der Waals surface area contributed by atoms with Gasteiger partial charge >= 0.3 is 0 Å². The highest BCUT2D eigenvalue weighted by Gasteiger charge is 2.25. The average molecular weight is 305 g/mol. The molecular weight excluding hydrogens is 280 g/mol. The van der Waals surface area contributed by atoms with Crippen LogP contribution < -0.4 is 5.73 Å². The van der Waals surface area contributed by atoms with Gasteiger partial charge in [0.25, 0.3) is 0 Å². The molecule has 110 valence electrons. The Morgan fingerprint density at radius 1 is 1.32 bits per heavy atom. The Bertz CT molecular complexity index is 404. The van der Waals surface area contributed by atoms with Crippen molar-refractivity contribution in [1.82, 2.24) is 4.90 Å². The molecule has 0 aliphatic heterocycles. The molecule has 0 fully saturated rings. The number of thiophene rings is 1. The molecule has 2 N–H and O–H groups in total. The van der Waals surface area contributed by atoms with E-state index in [1.165, 1.54) is 9.75 Å². The summed E-state index contributed by atoms with van der Waals surface area (Å²) in [4.78, 5) is 16.8. The van der Waals surface area contributed by atoms with Crippen LogP contribution in [0.15, 0.2) is 12.1 Å². The summed E-state index contributed by atoms with van der Waals surface area (Å²) in [6, 6.07) is 4.28. The van der Waals surface area contributed by atoms with Crippen molar-refractivity contribution < 1.29 is 4.79 Å². The van der Waals surface area contributed by atoms with Gasteiger partial charge in [-0.15, -0.1) is 23.7 Å². The highest BCUT2D eigenvalue weighted by atomic mass is 35.5. The molecule has 1 amide bonds. The van der Waals surface area contributed by atoms with Gasteiger partial charge in [0, 0.05) is 21.8 Å². The van der Waals surface area contributed by atoms with E-state index in [0.29, 0.717) is 6.54 Å². The Morgan fingerprint density at radius 2 is 1.89 bits per heavy atom. The molecular formula is C14H25ClN2OS. The number of nitrogens with zero attached hydrogens (tertiary/aromatic N) is 1. The van der Waals surface area contributed by atoms with E-state index in [1.807, 2.05) is 32.6 Å². The van der Waals surface area contributed by atoms with E-state index in [1.54, 1.807) is 11.3 Å². The highest BCUT2D eigenvalue weighted by molar-refractivity contribution is 7.11. The first-order chi connectivity index (χ1) is 8.32. The monoisotopic (exact) mass is 304 g/mol. The Labute approximate surface area is 126 Å². The molecule has 2 unspecified atom stereocenters. The molecule has 0 spiro atoms. The van der Waals surface area contributed by atoms with Crippen molar-refractivity contribution in [3.63, 3.8) is 0 Å². The minimum absolute atomic E-state index is 0. The number of nitrogens with two attached hydrogens (primary N) is 1. The summed E-state index contributed by atoms with van der Waals surface area (Å²) in [5, 5.41) is 0. The molecule has 5 heteroatoms. The molecule has 3 nitrogen and oxygen atoms in total. The number of amides is 1. The summed E-state index contributed by atoms with van der Waals surface area (Å²) in [7, 11) is 0. The summed E-state index contributed by atoms with van der Waals surface area (Å²) in [5.41, 5.74) is 5.83. The van der Waals surface area contributed by atoms with Gasteiger partial charge in [0.2, 0.25) is 5.91 Å². The van der Waals surface area contributed by atoms with Crippen LogP contribution in [0.1, 0.15) is 37.4 Å². The van der Waals surface area contributed by atoms with Gasteiger partial charge in [-0.1, -0.05) is 6.92 Å². The first kappa shape index (κ1) is 18.4. The molecule has 0 bridgehead atoms. The fourth-order valence-electron chi connectivity index (χ4n) is 1.74. The van der Waals surface area contributed by atoms with E-state index in [4.69, 9.17) is 5.73 Å². The molecule has 2 atom stereocenters. The maximum Gasteiger partial charge on any atom is 0.227 e. The first-order valence-corrected chi connectivity index (χ1v) is 7.26. The molecule has 1 heterocycles. The Balaban J connectivity index is 0.00000324. The number of carbonyl (C=O) groups excluding carboxylic acids is 1. The normalized spacial score (nSPS) is 13.8. The molecule has 0 saturated carbocycles. The van der Waals surface area contributed by atoms with Crippen LogP contribution in [0, 0.1) is 12.8 Å². The maximum absolute atomic E-state index is 12.4. The van der Waals surface area contributed by atoms with Gasteiger partial charge in [-0.05, 0) is 39.8 Å². The topological polar surface area (TPSA) is 46.3 Å². The van der Waals surface area contributed by atoms with Crippen LogP contribution in [0.3, 0.4) is 0 Å². The zero-order valence-corrected chi connectivity index (χ0v) is 14.0. The van der Waals surface area contributed by atoms with Gasteiger partial charge in [0.15, 0.2) is 0 Å². The number of halogens is 1. The van der Waals surface area contributed by atoms with Crippen molar-refractivity contribution in [3.8, 4) is 0 Å². The first-order valence-electron chi connectivity index (χ1n) is 6.44. The van der Waals surface area contributed by atoms with E-state index in [9.17, 15) is 4.79 Å². The predicted octanol–water partition coefficient (Wildman–Crippen LogP) is 3.20. The lowest BCUT2D eigenvalue weighted by Gasteiger charge is -2.30. The van der Waals surface area contributed by atoms with Gasteiger partial charge in [-0.25, -0.2) is 0 Å². The van der Waals surface area contributed by atoms with Crippen LogP contribution in [0.4, 0.5) is 0 Å². The molecule has 1 aromatic rings. The average Bonchev–Trinajstić information content (AvgIpc) is 2.69. The number of hydrogen-bond acceptors (Lipinski definition) is 3. The molecule has 1 rings (SSSR count). The third-order valence-electron chi connectivity index (χ3n) is 3.21. The van der Waals surface area contributed by atoms with Gasteiger partial charge in [0.1, 0.15) is 0 Å². The van der Waals surface area contributed by atoms with E-state index in [2.05, 4.69) is 19.1 Å². The van der Waals surface area contributed by atoms with E-state index in [-0.39, 0.29) is 36.3 Å². The molecule has 19 heavy (non-hydrogen) atoms. The second-order valence-corrected chi connectivity index (χ2v) is 6.59. The molecule has 0 aromatic carbocycles. The Hall–Kier alpha value is -0.580. The van der Waals surface area contributed by atoms with Gasteiger partial charge in [-0.3, -0.25) is 4.79 Å². The molecule has 0 saturated heterocycles. The molecule has 0 aliphatic carbocycles. The highest BCUT2D eigenvalue weighted by Crippen LogP contribution is 2.20. The zero-order chi connectivity index (χ0) is 13.9. The second kappa shape index (κ2) is 7.88. The van der Waals surface area contributed by atoms with Crippen molar-refractivity contribution >= 4 is 29.7 Å². The predicted molar refractivity (Wildman–Crippen MR) is 84.8 cm³/mol. The summed E-state index contributed by atoms with van der Waals surface area (Å²) in [6.07, 6.45) is 0. The number of aryl methyl sites for hydroxylation is 1. The van der Waals surface area contributed by atoms with Crippen molar-refractivity contribution in [2.45, 2.75) is 53.2 Å². The van der Waals surface area contributed by atoms with Crippen LogP contribution in [-0.2, 0) is 11.3 Å². The van der Waals surface area contributed by atoms with Gasteiger partial charge in [0.05, 0.1) is 12.5 Å². The van der Waals surface area contributed by atoms with Crippen LogP contribution >= 0.6 is 23.7 Å². The third kappa shape index (κ3) is 5.13. The fourth-order valence-corrected chi connectivity index (χ4v) is 2.63. The summed E-state index contributed by atoms with van der Waals surface area (Å²) in [5.74, 6) is 0.0134. The lowest BCUT2D eigenvalue weighted by atomic mass is 10.0. The minimum atomic E-state index is -0.131. The SMILES string of the molecule is Cc1ccc(CN(C(=O)C(C)C(C)N)C(C)C)s1.Cl.